The van der Waals surface area contributed by atoms with E-state index in [4.69, 9.17) is 4.55 Å². The number of para-hydroxylation sites is 1. The van der Waals surface area contributed by atoms with E-state index in [1.54, 1.807) is 23.3 Å². The summed E-state index contributed by atoms with van der Waals surface area (Å²) in [5, 5.41) is 10.4. The largest absolute Gasteiger partial charge is 0.489 e. The van der Waals surface area contributed by atoms with Crippen molar-refractivity contribution in [1.82, 2.24) is 4.68 Å². The Balaban J connectivity index is 2.56. The lowest BCUT2D eigenvalue weighted by molar-refractivity contribution is -0.749. The van der Waals surface area contributed by atoms with Gasteiger partial charge >= 0.3 is 0 Å². The fourth-order valence-corrected chi connectivity index (χ4v) is 2.95. The molecule has 8 heteroatoms. The van der Waals surface area contributed by atoms with E-state index in [1.807, 2.05) is 30.3 Å². The first-order valence-electron chi connectivity index (χ1n) is 6.24. The Morgan fingerprint density at radius 2 is 1.86 bits per heavy atom. The number of anilines is 1. The molecule has 0 saturated carbocycles. The highest BCUT2D eigenvalue weighted by atomic mass is 32.2. The second-order valence-electron chi connectivity index (χ2n) is 4.84. The molecule has 1 aromatic heterocycles. The van der Waals surface area contributed by atoms with Crippen LogP contribution in [0.15, 0.2) is 30.3 Å². The van der Waals surface area contributed by atoms with Crippen molar-refractivity contribution in [3.63, 3.8) is 0 Å². The number of hydrogen-bond acceptors (Lipinski definition) is 4. The number of aromatic nitrogens is 2. The van der Waals surface area contributed by atoms with Crippen LogP contribution in [0.25, 0.3) is 5.69 Å². The van der Waals surface area contributed by atoms with Gasteiger partial charge in [0.25, 0.3) is 16.0 Å². The van der Waals surface area contributed by atoms with E-state index in [0.29, 0.717) is 11.4 Å². The Morgan fingerprint density at radius 3 is 2.38 bits per heavy atom. The molecular formula is C13H18N3O4S+. The molecule has 2 N–H and O–H groups in total. The van der Waals surface area contributed by atoms with Crippen LogP contribution in [-0.2, 0) is 17.2 Å². The van der Waals surface area contributed by atoms with Gasteiger partial charge < -0.3 is 10.0 Å². The second-order valence-corrected chi connectivity index (χ2v) is 6.26. The SMILES string of the molecule is Cc1c(N(C)CS(=O)(=O)O)c(O)n(-c2ccccc2)[n+]1C. The summed E-state index contributed by atoms with van der Waals surface area (Å²) in [5.74, 6) is -0.687. The number of hydrogen-bond donors (Lipinski definition) is 2. The Hall–Kier alpha value is -2.06. The van der Waals surface area contributed by atoms with Crippen molar-refractivity contribution < 1.29 is 22.8 Å². The maximum Gasteiger partial charge on any atom is 0.283 e. The monoisotopic (exact) mass is 312 g/mol. The van der Waals surface area contributed by atoms with E-state index in [-0.39, 0.29) is 5.88 Å². The zero-order valence-electron chi connectivity index (χ0n) is 12.1. The lowest BCUT2D eigenvalue weighted by Gasteiger charge is -2.14. The van der Waals surface area contributed by atoms with E-state index in [0.717, 1.165) is 5.69 Å². The molecule has 114 valence electrons. The molecule has 0 fully saturated rings. The molecule has 0 unspecified atom stereocenters. The molecule has 2 rings (SSSR count). The highest BCUT2D eigenvalue weighted by molar-refractivity contribution is 7.85. The van der Waals surface area contributed by atoms with Crippen LogP contribution in [0.4, 0.5) is 5.69 Å². The van der Waals surface area contributed by atoms with Crippen molar-refractivity contribution in [3.8, 4) is 11.6 Å². The van der Waals surface area contributed by atoms with Crippen LogP contribution < -0.4 is 9.58 Å². The van der Waals surface area contributed by atoms with Gasteiger partial charge in [0.05, 0.1) is 0 Å². The molecule has 0 bridgehead atoms. The Morgan fingerprint density at radius 1 is 1.29 bits per heavy atom. The molecule has 0 atom stereocenters. The van der Waals surface area contributed by atoms with Gasteiger partial charge in [0.1, 0.15) is 11.6 Å². The number of aromatic hydroxyl groups is 1. The van der Waals surface area contributed by atoms with Gasteiger partial charge in [-0.25, -0.2) is 0 Å². The fraction of sp³-hybridized carbons (Fsp3) is 0.308. The zero-order valence-corrected chi connectivity index (χ0v) is 12.9. The molecule has 0 saturated heterocycles. The van der Waals surface area contributed by atoms with Crippen LogP contribution in [0.3, 0.4) is 0 Å². The van der Waals surface area contributed by atoms with Crippen molar-refractivity contribution in [3.05, 3.63) is 36.0 Å². The Kier molecular flexibility index (Phi) is 3.93. The molecule has 0 aliphatic carbocycles. The Labute approximate surface area is 123 Å². The summed E-state index contributed by atoms with van der Waals surface area (Å²) in [4.78, 5) is 1.29. The van der Waals surface area contributed by atoms with Crippen LogP contribution >= 0.6 is 0 Å². The molecule has 0 aliphatic heterocycles. The summed E-state index contributed by atoms with van der Waals surface area (Å²) in [5.41, 5.74) is 1.76. The summed E-state index contributed by atoms with van der Waals surface area (Å²) in [6.07, 6.45) is 0. The molecule has 0 radical (unpaired) electrons. The van der Waals surface area contributed by atoms with E-state index < -0.39 is 16.0 Å². The number of benzene rings is 1. The second kappa shape index (κ2) is 5.38. The maximum absolute atomic E-state index is 11.0. The minimum absolute atomic E-state index is 0.0904. The van der Waals surface area contributed by atoms with Gasteiger partial charge in [0.2, 0.25) is 5.69 Å². The first kappa shape index (κ1) is 15.3. The zero-order chi connectivity index (χ0) is 15.8. The third-order valence-corrected chi connectivity index (χ3v) is 3.99. The molecule has 7 nitrogen and oxygen atoms in total. The summed E-state index contributed by atoms with van der Waals surface area (Å²) < 4.78 is 34.3. The highest BCUT2D eigenvalue weighted by Crippen LogP contribution is 2.31. The summed E-state index contributed by atoms with van der Waals surface area (Å²) in [7, 11) is -0.929. The van der Waals surface area contributed by atoms with Gasteiger partial charge in [-0.1, -0.05) is 22.9 Å². The molecular weight excluding hydrogens is 294 g/mol. The van der Waals surface area contributed by atoms with E-state index in [9.17, 15) is 13.5 Å². The fourth-order valence-electron chi connectivity index (χ4n) is 2.33. The van der Waals surface area contributed by atoms with Crippen molar-refractivity contribution in [2.75, 3.05) is 17.8 Å². The predicted octanol–water partition coefficient (Wildman–Crippen LogP) is 0.597. The smallest absolute Gasteiger partial charge is 0.283 e. The van der Waals surface area contributed by atoms with Gasteiger partial charge in [-0.3, -0.25) is 4.55 Å². The minimum Gasteiger partial charge on any atom is -0.489 e. The molecule has 21 heavy (non-hydrogen) atoms. The molecule has 0 spiro atoms. The third-order valence-electron chi connectivity index (χ3n) is 3.28. The average Bonchev–Trinajstić information content (AvgIpc) is 2.59. The summed E-state index contributed by atoms with van der Waals surface area (Å²) in [6, 6.07) is 9.19. The van der Waals surface area contributed by atoms with Gasteiger partial charge in [-0.2, -0.15) is 8.42 Å². The van der Waals surface area contributed by atoms with Crippen LogP contribution in [-0.4, -0.2) is 35.7 Å². The topological polar surface area (TPSA) is 86.7 Å². The first-order chi connectivity index (χ1) is 9.72. The maximum atomic E-state index is 11.0. The van der Waals surface area contributed by atoms with Crippen LogP contribution in [0.1, 0.15) is 5.69 Å². The molecule has 2 aromatic rings. The van der Waals surface area contributed by atoms with Crippen molar-refractivity contribution in [1.29, 1.82) is 0 Å². The minimum atomic E-state index is -4.18. The van der Waals surface area contributed by atoms with Gasteiger partial charge in [0.15, 0.2) is 12.7 Å². The van der Waals surface area contributed by atoms with Gasteiger partial charge in [0, 0.05) is 14.0 Å². The van der Waals surface area contributed by atoms with Crippen molar-refractivity contribution >= 4 is 15.8 Å². The van der Waals surface area contributed by atoms with Crippen LogP contribution in [0.5, 0.6) is 5.88 Å². The molecule has 1 aromatic carbocycles. The summed E-state index contributed by atoms with van der Waals surface area (Å²) >= 11 is 0. The van der Waals surface area contributed by atoms with Crippen LogP contribution in [0.2, 0.25) is 0 Å². The van der Waals surface area contributed by atoms with Crippen molar-refractivity contribution in [2.45, 2.75) is 6.92 Å². The van der Waals surface area contributed by atoms with Gasteiger partial charge in [-0.05, 0) is 12.1 Å². The highest BCUT2D eigenvalue weighted by Gasteiger charge is 2.29. The van der Waals surface area contributed by atoms with E-state index in [2.05, 4.69) is 0 Å². The predicted molar refractivity (Wildman–Crippen MR) is 78.2 cm³/mol. The average molecular weight is 312 g/mol. The van der Waals surface area contributed by atoms with Crippen LogP contribution in [0, 0.1) is 6.92 Å². The lowest BCUT2D eigenvalue weighted by atomic mass is 10.3. The molecule has 0 aliphatic rings. The molecule has 1 heterocycles. The first-order valence-corrected chi connectivity index (χ1v) is 7.85. The normalized spacial score (nSPS) is 11.6. The van der Waals surface area contributed by atoms with Crippen molar-refractivity contribution in [2.24, 2.45) is 7.05 Å². The molecule has 0 amide bonds. The third kappa shape index (κ3) is 3.01. The Bertz CT molecular complexity index is 753. The lowest BCUT2D eigenvalue weighted by Crippen LogP contribution is -2.40. The standard InChI is InChI=1S/C13H17N3O4S/c1-10-12(14(2)9-21(18,19)20)13(17)16(15(10)3)11-7-5-4-6-8-11/h4-8H,9H2,1-3H3,(H,18,19,20)/p+1. The number of nitrogens with zero attached hydrogens (tertiary/aromatic N) is 3. The summed E-state index contributed by atoms with van der Waals surface area (Å²) in [6.45, 7) is 1.76. The number of rotatable bonds is 4. The quantitative estimate of drug-likeness (QED) is 0.638. The van der Waals surface area contributed by atoms with E-state index >= 15 is 0 Å². The van der Waals surface area contributed by atoms with E-state index in [1.165, 1.54) is 11.9 Å². The van der Waals surface area contributed by atoms with Gasteiger partial charge in [-0.15, -0.1) is 4.68 Å².